The van der Waals surface area contributed by atoms with E-state index in [-0.39, 0.29) is 5.54 Å². The number of hydrogen-bond acceptors (Lipinski definition) is 4. The van der Waals surface area contributed by atoms with Gasteiger partial charge in [0.2, 0.25) is 0 Å². The molecule has 3 unspecified atom stereocenters. The SMILES string of the molecule is CCN(CCCN(C)C)C1(CN)CCN2CCC1C2. The van der Waals surface area contributed by atoms with Crippen molar-refractivity contribution in [1.82, 2.24) is 14.7 Å². The molecule has 112 valence electrons. The Kier molecular flexibility index (Phi) is 5.23. The van der Waals surface area contributed by atoms with E-state index in [0.29, 0.717) is 0 Å². The predicted octanol–water partition coefficient (Wildman–Crippen LogP) is 0.683. The van der Waals surface area contributed by atoms with Crippen LogP contribution in [0.3, 0.4) is 0 Å². The quantitative estimate of drug-likeness (QED) is 0.737. The first-order valence-corrected chi connectivity index (χ1v) is 7.94. The lowest BCUT2D eigenvalue weighted by Crippen LogP contribution is -2.62. The monoisotopic (exact) mass is 268 g/mol. The molecule has 0 aromatic carbocycles. The Morgan fingerprint density at radius 1 is 1.26 bits per heavy atom. The molecule has 0 saturated carbocycles. The molecule has 3 atom stereocenters. The fraction of sp³-hybridized carbons (Fsp3) is 1.00. The van der Waals surface area contributed by atoms with Crippen molar-refractivity contribution < 1.29 is 0 Å². The van der Waals surface area contributed by atoms with Gasteiger partial charge < -0.3 is 15.5 Å². The van der Waals surface area contributed by atoms with Crippen molar-refractivity contribution in [2.45, 2.75) is 31.7 Å². The summed E-state index contributed by atoms with van der Waals surface area (Å²) in [5, 5.41) is 0. The molecule has 2 bridgehead atoms. The van der Waals surface area contributed by atoms with Crippen LogP contribution in [0.5, 0.6) is 0 Å². The maximum Gasteiger partial charge on any atom is 0.0384 e. The summed E-state index contributed by atoms with van der Waals surface area (Å²) in [5.41, 5.74) is 6.55. The van der Waals surface area contributed by atoms with Crippen LogP contribution >= 0.6 is 0 Å². The average Bonchev–Trinajstić information content (AvgIpc) is 2.80. The highest BCUT2D eigenvalue weighted by atomic mass is 15.3. The van der Waals surface area contributed by atoms with Crippen molar-refractivity contribution in [2.75, 3.05) is 59.9 Å². The van der Waals surface area contributed by atoms with Crippen LogP contribution in [-0.2, 0) is 0 Å². The zero-order valence-corrected chi connectivity index (χ0v) is 13.1. The van der Waals surface area contributed by atoms with E-state index in [1.165, 1.54) is 52.0 Å². The second-order valence-corrected chi connectivity index (χ2v) is 6.58. The van der Waals surface area contributed by atoms with Gasteiger partial charge >= 0.3 is 0 Å². The summed E-state index contributed by atoms with van der Waals surface area (Å²) in [6, 6.07) is 0. The third-order valence-electron chi connectivity index (χ3n) is 5.29. The Labute approximate surface area is 118 Å². The van der Waals surface area contributed by atoms with Gasteiger partial charge in [0.1, 0.15) is 0 Å². The summed E-state index contributed by atoms with van der Waals surface area (Å²) in [6.45, 7) is 10.5. The highest BCUT2D eigenvalue weighted by molar-refractivity contribution is 5.05. The summed E-state index contributed by atoms with van der Waals surface area (Å²) in [6.07, 6.45) is 3.87. The number of hydrogen-bond donors (Lipinski definition) is 1. The van der Waals surface area contributed by atoms with Crippen molar-refractivity contribution in [2.24, 2.45) is 11.7 Å². The minimum atomic E-state index is 0.286. The molecule has 0 amide bonds. The zero-order chi connectivity index (χ0) is 13.9. The van der Waals surface area contributed by atoms with Crippen LogP contribution in [-0.4, -0.2) is 80.1 Å². The van der Waals surface area contributed by atoms with Crippen molar-refractivity contribution in [3.05, 3.63) is 0 Å². The summed E-state index contributed by atoms with van der Waals surface area (Å²) in [4.78, 5) is 7.59. The van der Waals surface area contributed by atoms with E-state index in [4.69, 9.17) is 5.73 Å². The van der Waals surface area contributed by atoms with Gasteiger partial charge in [0, 0.05) is 18.6 Å². The van der Waals surface area contributed by atoms with Gasteiger partial charge in [-0.2, -0.15) is 0 Å². The van der Waals surface area contributed by atoms with Crippen LogP contribution < -0.4 is 5.73 Å². The molecule has 2 rings (SSSR count). The van der Waals surface area contributed by atoms with Crippen LogP contribution in [0.2, 0.25) is 0 Å². The lowest BCUT2D eigenvalue weighted by Gasteiger charge is -2.50. The van der Waals surface area contributed by atoms with Crippen LogP contribution in [0.15, 0.2) is 0 Å². The molecule has 0 aromatic heterocycles. The molecule has 19 heavy (non-hydrogen) atoms. The molecule has 4 nitrogen and oxygen atoms in total. The largest absolute Gasteiger partial charge is 0.329 e. The number of fused-ring (bicyclic) bond motifs is 2. The maximum absolute atomic E-state index is 6.26. The number of nitrogens with two attached hydrogens (primary N) is 1. The fourth-order valence-corrected chi connectivity index (χ4v) is 4.12. The van der Waals surface area contributed by atoms with Gasteiger partial charge in [-0.1, -0.05) is 6.92 Å². The zero-order valence-electron chi connectivity index (χ0n) is 13.1. The lowest BCUT2D eigenvalue weighted by molar-refractivity contribution is 0.00947. The second-order valence-electron chi connectivity index (χ2n) is 6.58. The summed E-state index contributed by atoms with van der Waals surface area (Å²) >= 11 is 0. The van der Waals surface area contributed by atoms with E-state index in [9.17, 15) is 0 Å². The molecule has 4 heteroatoms. The normalized spacial score (nSPS) is 34.4. The highest BCUT2D eigenvalue weighted by Gasteiger charge is 2.48. The molecular formula is C15H32N4. The molecule has 0 aliphatic carbocycles. The molecule has 2 heterocycles. The molecule has 2 fully saturated rings. The van der Waals surface area contributed by atoms with Crippen molar-refractivity contribution in [3.63, 3.8) is 0 Å². The minimum absolute atomic E-state index is 0.286. The van der Waals surface area contributed by atoms with E-state index < -0.39 is 0 Å². The van der Waals surface area contributed by atoms with E-state index in [2.05, 4.69) is 35.7 Å². The van der Waals surface area contributed by atoms with Crippen molar-refractivity contribution in [3.8, 4) is 0 Å². The van der Waals surface area contributed by atoms with Crippen molar-refractivity contribution >= 4 is 0 Å². The van der Waals surface area contributed by atoms with E-state index >= 15 is 0 Å². The Morgan fingerprint density at radius 2 is 2.05 bits per heavy atom. The van der Waals surface area contributed by atoms with Crippen LogP contribution in [0, 0.1) is 5.92 Å². The Balaban J connectivity index is 2.00. The Hall–Kier alpha value is -0.160. The van der Waals surface area contributed by atoms with Crippen LogP contribution in [0.4, 0.5) is 0 Å². The first-order valence-electron chi connectivity index (χ1n) is 7.94. The maximum atomic E-state index is 6.26. The van der Waals surface area contributed by atoms with Gasteiger partial charge in [-0.05, 0) is 72.0 Å². The van der Waals surface area contributed by atoms with Gasteiger partial charge in [-0.15, -0.1) is 0 Å². The molecule has 0 radical (unpaired) electrons. The van der Waals surface area contributed by atoms with E-state index in [1.54, 1.807) is 0 Å². The number of rotatable bonds is 7. The number of piperidine rings is 1. The standard InChI is InChI=1S/C15H32N4/c1-4-19(9-5-8-17(2)3)15(13-16)7-11-18-10-6-14(15)12-18/h14H,4-13,16H2,1-3H3. The third-order valence-corrected chi connectivity index (χ3v) is 5.29. The highest BCUT2D eigenvalue weighted by Crippen LogP contribution is 2.39. The first-order chi connectivity index (χ1) is 9.12. The summed E-state index contributed by atoms with van der Waals surface area (Å²) in [7, 11) is 4.31. The predicted molar refractivity (Wildman–Crippen MR) is 81.4 cm³/mol. The molecule has 2 aliphatic heterocycles. The van der Waals surface area contributed by atoms with Crippen LogP contribution in [0.1, 0.15) is 26.2 Å². The molecule has 0 aromatic rings. The van der Waals surface area contributed by atoms with Gasteiger partial charge in [0.25, 0.3) is 0 Å². The second kappa shape index (κ2) is 6.53. The van der Waals surface area contributed by atoms with E-state index in [0.717, 1.165) is 19.0 Å². The van der Waals surface area contributed by atoms with Gasteiger partial charge in [-0.25, -0.2) is 0 Å². The number of likely N-dealkylation sites (N-methyl/N-ethyl adjacent to an activating group) is 1. The van der Waals surface area contributed by atoms with Gasteiger partial charge in [-0.3, -0.25) is 4.90 Å². The fourth-order valence-electron chi connectivity index (χ4n) is 4.12. The van der Waals surface area contributed by atoms with Gasteiger partial charge in [0.15, 0.2) is 0 Å². The first kappa shape index (κ1) is 15.2. The van der Waals surface area contributed by atoms with Crippen molar-refractivity contribution in [1.29, 1.82) is 0 Å². The lowest BCUT2D eigenvalue weighted by atomic mass is 9.77. The summed E-state index contributed by atoms with van der Waals surface area (Å²) in [5.74, 6) is 0.797. The third kappa shape index (κ3) is 3.13. The average molecular weight is 268 g/mol. The Bertz CT molecular complexity index is 281. The topological polar surface area (TPSA) is 35.7 Å². The Morgan fingerprint density at radius 3 is 2.68 bits per heavy atom. The molecular weight excluding hydrogens is 236 g/mol. The molecule has 0 spiro atoms. The van der Waals surface area contributed by atoms with Crippen LogP contribution in [0.25, 0.3) is 0 Å². The van der Waals surface area contributed by atoms with E-state index in [1.807, 2.05) is 0 Å². The smallest absolute Gasteiger partial charge is 0.0384 e. The molecule has 2 saturated heterocycles. The molecule has 2 aliphatic rings. The number of nitrogens with zero attached hydrogens (tertiary/aromatic N) is 3. The minimum Gasteiger partial charge on any atom is -0.329 e. The summed E-state index contributed by atoms with van der Waals surface area (Å²) < 4.78 is 0. The molecule has 2 N–H and O–H groups in total. The van der Waals surface area contributed by atoms with Gasteiger partial charge in [0.05, 0.1) is 0 Å².